The second-order valence-corrected chi connectivity index (χ2v) is 5.28. The van der Waals surface area contributed by atoms with Gasteiger partial charge < -0.3 is 4.90 Å². The van der Waals surface area contributed by atoms with Crippen LogP contribution in [0.5, 0.6) is 0 Å². The van der Waals surface area contributed by atoms with Crippen LogP contribution in [0, 0.1) is 11.8 Å². The number of fused-ring (bicyclic) bond motifs is 1. The number of nitrogens with one attached hydrogen (secondary N) is 1. The third-order valence-corrected chi connectivity index (χ3v) is 3.80. The molecular weight excluding hydrogens is 226 g/mol. The van der Waals surface area contributed by atoms with Gasteiger partial charge in [0.1, 0.15) is 0 Å². The molecule has 18 heavy (non-hydrogen) atoms. The van der Waals surface area contributed by atoms with E-state index in [4.69, 9.17) is 0 Å². The van der Waals surface area contributed by atoms with Gasteiger partial charge in [-0.25, -0.2) is 0 Å². The second-order valence-electron chi connectivity index (χ2n) is 5.28. The van der Waals surface area contributed by atoms with Crippen LogP contribution in [0.15, 0.2) is 24.3 Å². The van der Waals surface area contributed by atoms with Gasteiger partial charge in [0.2, 0.25) is 0 Å². The summed E-state index contributed by atoms with van der Waals surface area (Å²) in [6, 6.07) is 7.73. The maximum absolute atomic E-state index is 12.3. The Morgan fingerprint density at radius 3 is 2.94 bits per heavy atom. The van der Waals surface area contributed by atoms with E-state index in [9.17, 15) is 4.79 Å². The van der Waals surface area contributed by atoms with Gasteiger partial charge in [-0.2, -0.15) is 5.10 Å². The molecule has 2 unspecified atom stereocenters. The lowest BCUT2D eigenvalue weighted by Gasteiger charge is -2.15. The van der Waals surface area contributed by atoms with Gasteiger partial charge >= 0.3 is 0 Å². The number of carbonyl (C=O) groups is 1. The van der Waals surface area contributed by atoms with E-state index < -0.39 is 0 Å². The van der Waals surface area contributed by atoms with Crippen molar-refractivity contribution in [2.45, 2.75) is 13.3 Å². The number of benzene rings is 1. The van der Waals surface area contributed by atoms with Crippen molar-refractivity contribution in [3.05, 3.63) is 30.0 Å². The highest BCUT2D eigenvalue weighted by molar-refractivity contribution is 6.04. The number of nitrogens with zero attached hydrogens (tertiary/aromatic N) is 2. The molecule has 0 saturated heterocycles. The van der Waals surface area contributed by atoms with Gasteiger partial charge in [0.15, 0.2) is 5.69 Å². The van der Waals surface area contributed by atoms with Crippen molar-refractivity contribution in [1.29, 1.82) is 0 Å². The molecule has 4 heteroatoms. The van der Waals surface area contributed by atoms with Gasteiger partial charge in [0.25, 0.3) is 5.91 Å². The van der Waals surface area contributed by atoms with Crippen LogP contribution in [-0.2, 0) is 0 Å². The van der Waals surface area contributed by atoms with Crippen LogP contribution in [-0.4, -0.2) is 34.6 Å². The van der Waals surface area contributed by atoms with Crippen molar-refractivity contribution >= 4 is 16.8 Å². The molecule has 4 nitrogen and oxygen atoms in total. The third kappa shape index (κ3) is 1.88. The maximum atomic E-state index is 12.3. The number of hydrogen-bond acceptors (Lipinski definition) is 2. The molecule has 1 fully saturated rings. The molecule has 1 aliphatic carbocycles. The van der Waals surface area contributed by atoms with E-state index in [1.54, 1.807) is 4.90 Å². The van der Waals surface area contributed by atoms with Crippen LogP contribution >= 0.6 is 0 Å². The summed E-state index contributed by atoms with van der Waals surface area (Å²) in [7, 11) is 1.86. The minimum absolute atomic E-state index is 0.00606. The number of rotatable bonds is 3. The minimum atomic E-state index is 0.00606. The summed E-state index contributed by atoms with van der Waals surface area (Å²) >= 11 is 0. The van der Waals surface area contributed by atoms with E-state index in [0.29, 0.717) is 11.6 Å². The Balaban J connectivity index is 1.83. The number of aromatic amines is 1. The molecule has 3 rings (SSSR count). The molecule has 1 aliphatic rings. The van der Waals surface area contributed by atoms with Crippen molar-refractivity contribution in [2.24, 2.45) is 11.8 Å². The summed E-state index contributed by atoms with van der Waals surface area (Å²) in [5.41, 5.74) is 1.44. The SMILES string of the molecule is CC1CC1CN(C)C(=O)c1n[nH]c2ccccc12. The zero-order chi connectivity index (χ0) is 12.7. The zero-order valence-electron chi connectivity index (χ0n) is 10.7. The summed E-state index contributed by atoms with van der Waals surface area (Å²) in [6.45, 7) is 3.06. The number of carbonyl (C=O) groups excluding carboxylic acids is 1. The van der Waals surface area contributed by atoms with E-state index in [0.717, 1.165) is 23.4 Å². The van der Waals surface area contributed by atoms with Crippen LogP contribution in [0.1, 0.15) is 23.8 Å². The monoisotopic (exact) mass is 243 g/mol. The number of hydrogen-bond donors (Lipinski definition) is 1. The minimum Gasteiger partial charge on any atom is -0.340 e. The van der Waals surface area contributed by atoms with E-state index >= 15 is 0 Å². The molecule has 1 amide bonds. The second kappa shape index (κ2) is 4.12. The molecule has 2 aromatic rings. The first-order valence-electron chi connectivity index (χ1n) is 6.35. The predicted octanol–water partition coefficient (Wildman–Crippen LogP) is 2.29. The molecule has 1 aromatic heterocycles. The fraction of sp³-hybridized carbons (Fsp3) is 0.429. The van der Waals surface area contributed by atoms with Crippen molar-refractivity contribution in [3.8, 4) is 0 Å². The van der Waals surface area contributed by atoms with Crippen molar-refractivity contribution in [1.82, 2.24) is 15.1 Å². The molecule has 2 atom stereocenters. The van der Waals surface area contributed by atoms with Crippen LogP contribution in [0.3, 0.4) is 0 Å². The molecule has 0 aliphatic heterocycles. The van der Waals surface area contributed by atoms with Gasteiger partial charge in [-0.05, 0) is 24.3 Å². The van der Waals surface area contributed by atoms with Crippen molar-refractivity contribution < 1.29 is 4.79 Å². The molecule has 0 spiro atoms. The molecule has 0 radical (unpaired) electrons. The molecule has 1 heterocycles. The summed E-state index contributed by atoms with van der Waals surface area (Å²) in [4.78, 5) is 14.1. The Hall–Kier alpha value is -1.84. The summed E-state index contributed by atoms with van der Waals surface area (Å²) in [6.07, 6.45) is 1.24. The average molecular weight is 243 g/mol. The number of H-pyrrole nitrogens is 1. The smallest absolute Gasteiger partial charge is 0.274 e. The predicted molar refractivity (Wildman–Crippen MR) is 70.3 cm³/mol. The Bertz CT molecular complexity index is 589. The molecule has 1 aromatic carbocycles. The van der Waals surface area contributed by atoms with Gasteiger partial charge in [-0.15, -0.1) is 0 Å². The highest BCUT2D eigenvalue weighted by atomic mass is 16.2. The Labute approximate surface area is 106 Å². The lowest BCUT2D eigenvalue weighted by atomic mass is 10.2. The van der Waals surface area contributed by atoms with Gasteiger partial charge in [-0.3, -0.25) is 9.89 Å². The van der Waals surface area contributed by atoms with Crippen molar-refractivity contribution in [3.63, 3.8) is 0 Å². The first-order chi connectivity index (χ1) is 8.66. The number of para-hydroxylation sites is 1. The Morgan fingerprint density at radius 2 is 2.22 bits per heavy atom. The van der Waals surface area contributed by atoms with E-state index in [2.05, 4.69) is 17.1 Å². The standard InChI is InChI=1S/C14H17N3O/c1-9-7-10(9)8-17(2)14(18)13-11-5-3-4-6-12(11)15-16-13/h3-6,9-10H,7-8H2,1-2H3,(H,15,16). The number of amides is 1. The highest BCUT2D eigenvalue weighted by Gasteiger charge is 2.34. The van der Waals surface area contributed by atoms with Crippen LogP contribution in [0.4, 0.5) is 0 Å². The first kappa shape index (κ1) is 11.3. The normalized spacial score (nSPS) is 22.1. The largest absolute Gasteiger partial charge is 0.340 e. The Kier molecular flexibility index (Phi) is 2.58. The fourth-order valence-electron chi connectivity index (χ4n) is 2.40. The quantitative estimate of drug-likeness (QED) is 0.899. The van der Waals surface area contributed by atoms with E-state index in [1.807, 2.05) is 31.3 Å². The number of aromatic nitrogens is 2. The average Bonchev–Trinajstić information content (AvgIpc) is 2.92. The van der Waals surface area contributed by atoms with Gasteiger partial charge in [0, 0.05) is 19.0 Å². The topological polar surface area (TPSA) is 49.0 Å². The fourth-order valence-corrected chi connectivity index (χ4v) is 2.40. The maximum Gasteiger partial charge on any atom is 0.274 e. The van der Waals surface area contributed by atoms with Crippen molar-refractivity contribution in [2.75, 3.05) is 13.6 Å². The highest BCUT2D eigenvalue weighted by Crippen LogP contribution is 2.38. The van der Waals surface area contributed by atoms with E-state index in [-0.39, 0.29) is 5.91 Å². The molecule has 1 N–H and O–H groups in total. The lowest BCUT2D eigenvalue weighted by molar-refractivity contribution is 0.0783. The van der Waals surface area contributed by atoms with Crippen LogP contribution in [0.2, 0.25) is 0 Å². The molecule has 1 saturated carbocycles. The molecule has 94 valence electrons. The first-order valence-corrected chi connectivity index (χ1v) is 6.35. The van der Waals surface area contributed by atoms with Crippen LogP contribution < -0.4 is 0 Å². The molecule has 0 bridgehead atoms. The summed E-state index contributed by atoms with van der Waals surface area (Å²) in [5, 5.41) is 7.95. The summed E-state index contributed by atoms with van der Waals surface area (Å²) < 4.78 is 0. The Morgan fingerprint density at radius 1 is 1.50 bits per heavy atom. The lowest BCUT2D eigenvalue weighted by Crippen LogP contribution is -2.29. The summed E-state index contributed by atoms with van der Waals surface area (Å²) in [5.74, 6) is 1.44. The van der Waals surface area contributed by atoms with Gasteiger partial charge in [-0.1, -0.05) is 25.1 Å². The van der Waals surface area contributed by atoms with Crippen LogP contribution in [0.25, 0.3) is 10.9 Å². The third-order valence-electron chi connectivity index (χ3n) is 3.80. The van der Waals surface area contributed by atoms with Gasteiger partial charge in [0.05, 0.1) is 5.52 Å². The zero-order valence-corrected chi connectivity index (χ0v) is 10.7. The molecular formula is C14H17N3O. The van der Waals surface area contributed by atoms with E-state index in [1.165, 1.54) is 6.42 Å².